The van der Waals surface area contributed by atoms with E-state index in [1.807, 2.05) is 0 Å². The van der Waals surface area contributed by atoms with Crippen molar-refractivity contribution in [3.63, 3.8) is 0 Å². The highest BCUT2D eigenvalue weighted by Gasteiger charge is 2.19. The lowest BCUT2D eigenvalue weighted by molar-refractivity contribution is 0.0161. The molecule has 1 saturated heterocycles. The number of aromatic nitrogens is 1. The van der Waals surface area contributed by atoms with E-state index in [1.165, 1.54) is 12.3 Å². The number of carbonyl (C=O) groups is 1. The molecular formula is C11H11Cl2NO3. The Hall–Kier alpha value is -0.840. The summed E-state index contributed by atoms with van der Waals surface area (Å²) in [5.41, 5.74) is 0.227. The van der Waals surface area contributed by atoms with Crippen molar-refractivity contribution in [1.82, 2.24) is 4.98 Å². The van der Waals surface area contributed by atoms with Gasteiger partial charge >= 0.3 is 5.97 Å². The summed E-state index contributed by atoms with van der Waals surface area (Å²) >= 11 is 11.5. The van der Waals surface area contributed by atoms with Gasteiger partial charge in [-0.05, 0) is 18.9 Å². The van der Waals surface area contributed by atoms with Crippen LogP contribution in [0, 0.1) is 0 Å². The minimum atomic E-state index is -0.505. The van der Waals surface area contributed by atoms with Crippen molar-refractivity contribution in [3.05, 3.63) is 28.0 Å². The van der Waals surface area contributed by atoms with Gasteiger partial charge in [-0.1, -0.05) is 23.2 Å². The Morgan fingerprint density at radius 2 is 2.41 bits per heavy atom. The minimum absolute atomic E-state index is 0.00460. The first-order valence-corrected chi connectivity index (χ1v) is 6.02. The summed E-state index contributed by atoms with van der Waals surface area (Å²) < 4.78 is 10.5. The largest absolute Gasteiger partial charge is 0.459 e. The minimum Gasteiger partial charge on any atom is -0.459 e. The van der Waals surface area contributed by atoms with Crippen molar-refractivity contribution in [2.45, 2.75) is 18.9 Å². The summed E-state index contributed by atoms with van der Waals surface area (Å²) in [5.74, 6) is -0.505. The fraction of sp³-hybridized carbons (Fsp3) is 0.455. The molecule has 0 bridgehead atoms. The van der Waals surface area contributed by atoms with Gasteiger partial charge in [0.25, 0.3) is 0 Å². The maximum absolute atomic E-state index is 11.7. The third kappa shape index (κ3) is 3.31. The summed E-state index contributed by atoms with van der Waals surface area (Å²) in [5, 5.41) is 0.435. The van der Waals surface area contributed by atoms with Gasteiger partial charge in [0.15, 0.2) is 0 Å². The molecule has 1 aromatic heterocycles. The molecule has 0 radical (unpaired) electrons. The van der Waals surface area contributed by atoms with Crippen molar-refractivity contribution in [1.29, 1.82) is 0 Å². The van der Waals surface area contributed by atoms with Crippen LogP contribution in [0.25, 0.3) is 0 Å². The second kappa shape index (κ2) is 5.67. The average molecular weight is 276 g/mol. The lowest BCUT2D eigenvalue weighted by Crippen LogP contribution is -2.18. The quantitative estimate of drug-likeness (QED) is 0.629. The number of nitrogens with zero attached hydrogens (tertiary/aromatic N) is 1. The van der Waals surface area contributed by atoms with Gasteiger partial charge in [0.05, 0.1) is 16.7 Å². The first-order chi connectivity index (χ1) is 8.16. The SMILES string of the molecule is O=C(OCC1CCCO1)c1cc(Cl)ncc1Cl. The summed E-state index contributed by atoms with van der Waals surface area (Å²) in [6.45, 7) is 0.971. The van der Waals surface area contributed by atoms with E-state index in [-0.39, 0.29) is 28.5 Å². The molecule has 0 spiro atoms. The summed E-state index contributed by atoms with van der Waals surface area (Å²) in [7, 11) is 0. The topological polar surface area (TPSA) is 48.4 Å². The van der Waals surface area contributed by atoms with Crippen LogP contribution in [0.5, 0.6) is 0 Å². The number of ether oxygens (including phenoxy) is 2. The van der Waals surface area contributed by atoms with Crippen LogP contribution in [0.1, 0.15) is 23.2 Å². The Morgan fingerprint density at radius 3 is 3.12 bits per heavy atom. The molecular weight excluding hydrogens is 265 g/mol. The standard InChI is InChI=1S/C11H11Cl2NO3/c12-9-5-14-10(13)4-8(9)11(15)17-6-7-2-1-3-16-7/h4-5,7H,1-3,6H2. The molecule has 1 aliphatic heterocycles. The molecule has 1 fully saturated rings. The molecule has 0 saturated carbocycles. The average Bonchev–Trinajstić information content (AvgIpc) is 2.82. The highest BCUT2D eigenvalue weighted by molar-refractivity contribution is 6.34. The normalized spacial score (nSPS) is 19.3. The van der Waals surface area contributed by atoms with Gasteiger partial charge in [-0.15, -0.1) is 0 Å². The molecule has 2 heterocycles. The molecule has 6 heteroatoms. The van der Waals surface area contributed by atoms with Gasteiger partial charge in [-0.3, -0.25) is 0 Å². The van der Waals surface area contributed by atoms with Crippen molar-refractivity contribution >= 4 is 29.2 Å². The Bertz CT molecular complexity index is 419. The number of carbonyl (C=O) groups excluding carboxylic acids is 1. The van der Waals surface area contributed by atoms with Crippen molar-refractivity contribution in [2.75, 3.05) is 13.2 Å². The fourth-order valence-electron chi connectivity index (χ4n) is 1.59. The first-order valence-electron chi connectivity index (χ1n) is 5.26. The molecule has 4 nitrogen and oxygen atoms in total. The van der Waals surface area contributed by atoms with Gasteiger partial charge in [0, 0.05) is 12.8 Å². The molecule has 1 atom stereocenters. The number of hydrogen-bond donors (Lipinski definition) is 0. The van der Waals surface area contributed by atoms with Crippen LogP contribution in [0.3, 0.4) is 0 Å². The first kappa shape index (κ1) is 12.6. The molecule has 0 aromatic carbocycles. The lowest BCUT2D eigenvalue weighted by Gasteiger charge is -2.10. The van der Waals surface area contributed by atoms with E-state index in [9.17, 15) is 4.79 Å². The Labute approximate surface area is 109 Å². The van der Waals surface area contributed by atoms with E-state index < -0.39 is 5.97 Å². The summed E-state index contributed by atoms with van der Waals surface area (Å²) in [6.07, 6.45) is 3.24. The highest BCUT2D eigenvalue weighted by atomic mass is 35.5. The molecule has 2 rings (SSSR count). The third-order valence-corrected chi connectivity index (χ3v) is 2.97. The zero-order valence-electron chi connectivity index (χ0n) is 8.99. The number of rotatable bonds is 3. The van der Waals surface area contributed by atoms with Crippen LogP contribution >= 0.6 is 23.2 Å². The molecule has 0 amide bonds. The molecule has 17 heavy (non-hydrogen) atoms. The smallest absolute Gasteiger partial charge is 0.339 e. The number of halogens is 2. The van der Waals surface area contributed by atoms with E-state index in [0.717, 1.165) is 19.4 Å². The van der Waals surface area contributed by atoms with Crippen LogP contribution in [0.4, 0.5) is 0 Å². The summed E-state index contributed by atoms with van der Waals surface area (Å²) in [6, 6.07) is 1.39. The monoisotopic (exact) mass is 275 g/mol. The molecule has 92 valence electrons. The zero-order chi connectivity index (χ0) is 12.3. The van der Waals surface area contributed by atoms with Crippen LogP contribution in [0.15, 0.2) is 12.3 Å². The fourth-order valence-corrected chi connectivity index (χ4v) is 1.93. The molecule has 0 aliphatic carbocycles. The van der Waals surface area contributed by atoms with E-state index in [1.54, 1.807) is 0 Å². The van der Waals surface area contributed by atoms with Gasteiger partial charge < -0.3 is 9.47 Å². The highest BCUT2D eigenvalue weighted by Crippen LogP contribution is 2.20. The van der Waals surface area contributed by atoms with Crippen LogP contribution in [0.2, 0.25) is 10.2 Å². The van der Waals surface area contributed by atoms with Gasteiger partial charge in [0.1, 0.15) is 11.8 Å². The van der Waals surface area contributed by atoms with Gasteiger partial charge in [0.2, 0.25) is 0 Å². The molecule has 1 aliphatic rings. The van der Waals surface area contributed by atoms with Crippen molar-refractivity contribution in [3.8, 4) is 0 Å². The van der Waals surface area contributed by atoms with E-state index in [4.69, 9.17) is 32.7 Å². The second-order valence-corrected chi connectivity index (χ2v) is 4.51. The van der Waals surface area contributed by atoms with E-state index in [2.05, 4.69) is 4.98 Å². The second-order valence-electron chi connectivity index (χ2n) is 3.72. The van der Waals surface area contributed by atoms with Crippen LogP contribution in [-0.4, -0.2) is 30.3 Å². The van der Waals surface area contributed by atoms with Crippen LogP contribution in [-0.2, 0) is 9.47 Å². The maximum Gasteiger partial charge on any atom is 0.339 e. The molecule has 0 N–H and O–H groups in total. The number of hydrogen-bond acceptors (Lipinski definition) is 4. The van der Waals surface area contributed by atoms with Crippen molar-refractivity contribution in [2.24, 2.45) is 0 Å². The zero-order valence-corrected chi connectivity index (χ0v) is 10.5. The molecule has 1 unspecified atom stereocenters. The Morgan fingerprint density at radius 1 is 1.59 bits per heavy atom. The Balaban J connectivity index is 1.96. The Kier molecular flexibility index (Phi) is 4.20. The van der Waals surface area contributed by atoms with E-state index in [0.29, 0.717) is 0 Å². The predicted octanol–water partition coefficient (Wildman–Crippen LogP) is 2.72. The van der Waals surface area contributed by atoms with Gasteiger partial charge in [-0.25, -0.2) is 9.78 Å². The van der Waals surface area contributed by atoms with E-state index >= 15 is 0 Å². The third-order valence-electron chi connectivity index (χ3n) is 2.47. The van der Waals surface area contributed by atoms with Crippen molar-refractivity contribution < 1.29 is 14.3 Å². The molecule has 1 aromatic rings. The lowest BCUT2D eigenvalue weighted by atomic mass is 10.2. The predicted molar refractivity (Wildman–Crippen MR) is 63.5 cm³/mol. The summed E-state index contributed by atoms with van der Waals surface area (Å²) in [4.78, 5) is 15.5. The van der Waals surface area contributed by atoms with Crippen LogP contribution < -0.4 is 0 Å². The number of pyridine rings is 1. The number of esters is 1. The van der Waals surface area contributed by atoms with Gasteiger partial charge in [-0.2, -0.15) is 0 Å². The maximum atomic E-state index is 11.7.